The van der Waals surface area contributed by atoms with E-state index in [2.05, 4.69) is 25.2 Å². The van der Waals surface area contributed by atoms with Gasteiger partial charge >= 0.3 is 0 Å². The maximum Gasteiger partial charge on any atom is 0.127 e. The average Bonchev–Trinajstić information content (AvgIpc) is 2.83. The normalized spacial score (nSPS) is 24.2. The first-order valence-corrected chi connectivity index (χ1v) is 7.80. The summed E-state index contributed by atoms with van der Waals surface area (Å²) in [4.78, 5) is 0. The van der Waals surface area contributed by atoms with Gasteiger partial charge in [0.2, 0.25) is 0 Å². The molecule has 3 nitrogen and oxygen atoms in total. The summed E-state index contributed by atoms with van der Waals surface area (Å²) in [7, 11) is 3.38. The Kier molecular flexibility index (Phi) is 4.99. The maximum atomic E-state index is 5.48. The van der Waals surface area contributed by atoms with E-state index in [1.54, 1.807) is 14.2 Å². The van der Waals surface area contributed by atoms with Gasteiger partial charge in [-0.1, -0.05) is 13.0 Å². The van der Waals surface area contributed by atoms with Gasteiger partial charge in [-0.2, -0.15) is 11.8 Å². The van der Waals surface area contributed by atoms with Crippen LogP contribution in [-0.4, -0.2) is 31.3 Å². The van der Waals surface area contributed by atoms with E-state index in [9.17, 15) is 0 Å². The molecule has 0 bridgehead atoms. The number of thioether (sulfide) groups is 1. The lowest BCUT2D eigenvalue weighted by molar-refractivity contribution is 0.380. The predicted molar refractivity (Wildman–Crippen MR) is 81.4 cm³/mol. The summed E-state index contributed by atoms with van der Waals surface area (Å²) in [5.41, 5.74) is 1.19. The van der Waals surface area contributed by atoms with Crippen molar-refractivity contribution in [3.63, 3.8) is 0 Å². The molecule has 1 aromatic carbocycles. The zero-order valence-electron chi connectivity index (χ0n) is 12.1. The Morgan fingerprint density at radius 1 is 1.32 bits per heavy atom. The van der Waals surface area contributed by atoms with Crippen LogP contribution >= 0.6 is 11.8 Å². The van der Waals surface area contributed by atoms with Crippen LogP contribution in [0.15, 0.2) is 18.2 Å². The van der Waals surface area contributed by atoms with Crippen molar-refractivity contribution in [2.75, 3.05) is 20.0 Å². The third-order valence-electron chi connectivity index (χ3n) is 3.75. The van der Waals surface area contributed by atoms with Crippen LogP contribution in [0.2, 0.25) is 0 Å². The van der Waals surface area contributed by atoms with Crippen LogP contribution in [0, 0.1) is 0 Å². The number of ether oxygens (including phenoxy) is 2. The van der Waals surface area contributed by atoms with Crippen molar-refractivity contribution in [3.8, 4) is 11.5 Å². The molecule has 2 rings (SSSR count). The lowest BCUT2D eigenvalue weighted by Gasteiger charge is -2.24. The van der Waals surface area contributed by atoms with Gasteiger partial charge in [0, 0.05) is 29.0 Å². The van der Waals surface area contributed by atoms with Crippen LogP contribution in [0.25, 0.3) is 0 Å². The molecular formula is C15H23NO2S. The van der Waals surface area contributed by atoms with E-state index in [0.717, 1.165) is 11.5 Å². The Labute approximate surface area is 120 Å². The highest BCUT2D eigenvalue weighted by Gasteiger charge is 2.26. The summed E-state index contributed by atoms with van der Waals surface area (Å²) < 4.78 is 10.7. The van der Waals surface area contributed by atoms with Crippen LogP contribution in [0.3, 0.4) is 0 Å². The number of nitrogens with one attached hydrogen (secondary N) is 1. The van der Waals surface area contributed by atoms with E-state index < -0.39 is 0 Å². The van der Waals surface area contributed by atoms with Crippen LogP contribution < -0.4 is 14.8 Å². The summed E-state index contributed by atoms with van der Waals surface area (Å²) in [5, 5.41) is 4.40. The van der Waals surface area contributed by atoms with Gasteiger partial charge in [-0.05, 0) is 25.2 Å². The van der Waals surface area contributed by atoms with Gasteiger partial charge in [0.15, 0.2) is 0 Å². The minimum absolute atomic E-state index is 0.284. The maximum absolute atomic E-state index is 5.48. The topological polar surface area (TPSA) is 30.5 Å². The third-order valence-corrected chi connectivity index (χ3v) is 5.07. The second-order valence-electron chi connectivity index (χ2n) is 4.97. The highest BCUT2D eigenvalue weighted by Crippen LogP contribution is 2.32. The number of rotatable bonds is 5. The fraction of sp³-hybridized carbons (Fsp3) is 0.600. The van der Waals surface area contributed by atoms with Gasteiger partial charge in [0.05, 0.1) is 14.2 Å². The van der Waals surface area contributed by atoms with Crippen LogP contribution in [-0.2, 0) is 0 Å². The standard InChI is InChI=1S/C15H23NO2S/c1-10(16-14-7-8-19-11(14)2)13-6-5-12(17-3)9-15(13)18-4/h5-6,9-11,14,16H,7-8H2,1-4H3. The lowest BCUT2D eigenvalue weighted by Crippen LogP contribution is -2.35. The van der Waals surface area contributed by atoms with Crippen molar-refractivity contribution in [2.24, 2.45) is 0 Å². The number of hydrogen-bond acceptors (Lipinski definition) is 4. The number of hydrogen-bond donors (Lipinski definition) is 1. The van der Waals surface area contributed by atoms with Crippen molar-refractivity contribution in [2.45, 2.75) is 37.6 Å². The highest BCUT2D eigenvalue weighted by molar-refractivity contribution is 8.00. The quantitative estimate of drug-likeness (QED) is 0.897. The van der Waals surface area contributed by atoms with Crippen LogP contribution in [0.5, 0.6) is 11.5 Å². The largest absolute Gasteiger partial charge is 0.497 e. The molecule has 19 heavy (non-hydrogen) atoms. The van der Waals surface area contributed by atoms with Gasteiger partial charge in [-0.3, -0.25) is 0 Å². The van der Waals surface area contributed by atoms with Gasteiger partial charge < -0.3 is 14.8 Å². The molecule has 0 aromatic heterocycles. The van der Waals surface area contributed by atoms with E-state index in [1.165, 1.54) is 17.7 Å². The molecule has 0 saturated carbocycles. The van der Waals surface area contributed by atoms with E-state index in [4.69, 9.17) is 9.47 Å². The van der Waals surface area contributed by atoms with E-state index in [1.807, 2.05) is 23.9 Å². The zero-order valence-corrected chi connectivity index (χ0v) is 12.9. The molecule has 3 unspecified atom stereocenters. The second-order valence-corrected chi connectivity index (χ2v) is 6.45. The van der Waals surface area contributed by atoms with E-state index >= 15 is 0 Å². The molecule has 0 amide bonds. The van der Waals surface area contributed by atoms with Crippen molar-refractivity contribution < 1.29 is 9.47 Å². The molecule has 1 aromatic rings. The summed E-state index contributed by atoms with van der Waals surface area (Å²) in [5.74, 6) is 2.97. The summed E-state index contributed by atoms with van der Waals surface area (Å²) in [6, 6.07) is 6.89. The average molecular weight is 281 g/mol. The minimum Gasteiger partial charge on any atom is -0.497 e. The summed E-state index contributed by atoms with van der Waals surface area (Å²) in [6.07, 6.45) is 1.24. The molecule has 4 heteroatoms. The first-order valence-electron chi connectivity index (χ1n) is 6.75. The number of benzene rings is 1. The highest BCUT2D eigenvalue weighted by atomic mass is 32.2. The third kappa shape index (κ3) is 3.37. The molecule has 3 atom stereocenters. The molecule has 0 spiro atoms. The molecule has 1 saturated heterocycles. The molecule has 1 aliphatic rings. The van der Waals surface area contributed by atoms with Crippen molar-refractivity contribution in [3.05, 3.63) is 23.8 Å². The fourth-order valence-corrected chi connectivity index (χ4v) is 3.75. The smallest absolute Gasteiger partial charge is 0.127 e. The molecule has 0 aliphatic carbocycles. The number of methoxy groups -OCH3 is 2. The zero-order chi connectivity index (χ0) is 13.8. The molecular weight excluding hydrogens is 258 g/mol. The van der Waals surface area contributed by atoms with Gasteiger partial charge in [0.1, 0.15) is 11.5 Å². The lowest BCUT2D eigenvalue weighted by atomic mass is 10.0. The Morgan fingerprint density at radius 3 is 2.68 bits per heavy atom. The van der Waals surface area contributed by atoms with Gasteiger partial charge in [0.25, 0.3) is 0 Å². The second kappa shape index (κ2) is 6.53. The molecule has 106 valence electrons. The molecule has 1 fully saturated rings. The Morgan fingerprint density at radius 2 is 2.11 bits per heavy atom. The van der Waals surface area contributed by atoms with Crippen molar-refractivity contribution >= 4 is 11.8 Å². The van der Waals surface area contributed by atoms with Crippen molar-refractivity contribution in [1.29, 1.82) is 0 Å². The van der Waals surface area contributed by atoms with Crippen LogP contribution in [0.4, 0.5) is 0 Å². The predicted octanol–water partition coefficient (Wildman–Crippen LogP) is 3.25. The molecule has 1 heterocycles. The van der Waals surface area contributed by atoms with Crippen LogP contribution in [0.1, 0.15) is 31.9 Å². The summed E-state index contributed by atoms with van der Waals surface area (Å²) >= 11 is 2.04. The van der Waals surface area contributed by atoms with Crippen molar-refractivity contribution in [1.82, 2.24) is 5.32 Å². The molecule has 1 N–H and O–H groups in total. The Bertz CT molecular complexity index is 425. The van der Waals surface area contributed by atoms with E-state index in [-0.39, 0.29) is 6.04 Å². The Balaban J connectivity index is 2.11. The van der Waals surface area contributed by atoms with E-state index in [0.29, 0.717) is 11.3 Å². The SMILES string of the molecule is COc1ccc(C(C)NC2CCSC2C)c(OC)c1. The summed E-state index contributed by atoms with van der Waals surface area (Å²) in [6.45, 7) is 4.49. The molecule has 0 radical (unpaired) electrons. The minimum atomic E-state index is 0.284. The molecule has 1 aliphatic heterocycles. The monoisotopic (exact) mass is 281 g/mol. The first-order chi connectivity index (χ1) is 9.15. The van der Waals surface area contributed by atoms with Gasteiger partial charge in [-0.15, -0.1) is 0 Å². The fourth-order valence-electron chi connectivity index (χ4n) is 2.54. The first kappa shape index (κ1) is 14.5. The van der Waals surface area contributed by atoms with Gasteiger partial charge in [-0.25, -0.2) is 0 Å². The Hall–Kier alpha value is -0.870.